The minimum absolute atomic E-state index is 0.144. The molecule has 0 heterocycles. The molecular formula is C19H21BrN2O3. The lowest BCUT2D eigenvalue weighted by molar-refractivity contribution is -0.118. The van der Waals surface area contributed by atoms with Gasteiger partial charge in [-0.25, -0.2) is 0 Å². The number of anilines is 1. The number of para-hydroxylation sites is 1. The van der Waals surface area contributed by atoms with Crippen molar-refractivity contribution in [3.8, 4) is 5.75 Å². The smallest absolute Gasteiger partial charge is 0.262 e. The molecule has 5 nitrogen and oxygen atoms in total. The molecule has 0 atom stereocenters. The number of ether oxygens (including phenoxy) is 1. The van der Waals surface area contributed by atoms with E-state index in [1.54, 1.807) is 38.4 Å². The number of rotatable bonds is 6. The Bertz CT molecular complexity index is 775. The van der Waals surface area contributed by atoms with Crippen molar-refractivity contribution in [3.63, 3.8) is 0 Å². The first-order valence-corrected chi connectivity index (χ1v) is 8.73. The van der Waals surface area contributed by atoms with Gasteiger partial charge in [-0.05, 0) is 52.2 Å². The van der Waals surface area contributed by atoms with Gasteiger partial charge in [0.15, 0.2) is 6.61 Å². The van der Waals surface area contributed by atoms with Gasteiger partial charge in [-0.15, -0.1) is 0 Å². The van der Waals surface area contributed by atoms with Crippen LogP contribution < -0.4 is 10.1 Å². The van der Waals surface area contributed by atoms with Crippen LogP contribution >= 0.6 is 15.9 Å². The quantitative estimate of drug-likeness (QED) is 0.797. The van der Waals surface area contributed by atoms with Crippen LogP contribution in [0.1, 0.15) is 22.8 Å². The van der Waals surface area contributed by atoms with Crippen molar-refractivity contribution in [2.75, 3.05) is 26.0 Å². The zero-order valence-electron chi connectivity index (χ0n) is 14.5. The summed E-state index contributed by atoms with van der Waals surface area (Å²) in [6.45, 7) is 1.93. The summed E-state index contributed by atoms with van der Waals surface area (Å²) in [5.41, 5.74) is 2.09. The molecule has 25 heavy (non-hydrogen) atoms. The number of carbonyl (C=O) groups is 2. The summed E-state index contributed by atoms with van der Waals surface area (Å²) in [5, 5.41) is 2.73. The molecule has 0 saturated heterocycles. The number of amides is 2. The van der Waals surface area contributed by atoms with E-state index in [0.717, 1.165) is 10.9 Å². The van der Waals surface area contributed by atoms with Gasteiger partial charge in [0, 0.05) is 14.1 Å². The lowest BCUT2D eigenvalue weighted by Gasteiger charge is -2.15. The predicted molar refractivity (Wildman–Crippen MR) is 102 cm³/mol. The Hall–Kier alpha value is -2.34. The van der Waals surface area contributed by atoms with E-state index in [-0.39, 0.29) is 18.4 Å². The first kappa shape index (κ1) is 19.0. The Morgan fingerprint density at radius 3 is 2.52 bits per heavy atom. The highest BCUT2D eigenvalue weighted by Gasteiger charge is 2.15. The van der Waals surface area contributed by atoms with E-state index in [0.29, 0.717) is 17.0 Å². The molecule has 2 rings (SSSR count). The maximum Gasteiger partial charge on any atom is 0.262 e. The van der Waals surface area contributed by atoms with Crippen molar-refractivity contribution in [1.29, 1.82) is 0 Å². The van der Waals surface area contributed by atoms with Crippen molar-refractivity contribution in [2.24, 2.45) is 0 Å². The Kier molecular flexibility index (Phi) is 6.58. The van der Waals surface area contributed by atoms with Crippen LogP contribution in [0.4, 0.5) is 5.69 Å². The minimum Gasteiger partial charge on any atom is -0.483 e. The van der Waals surface area contributed by atoms with Gasteiger partial charge in [-0.2, -0.15) is 0 Å². The fourth-order valence-electron chi connectivity index (χ4n) is 2.23. The van der Waals surface area contributed by atoms with Crippen LogP contribution in [0.5, 0.6) is 5.75 Å². The minimum atomic E-state index is -0.328. The van der Waals surface area contributed by atoms with E-state index >= 15 is 0 Å². The van der Waals surface area contributed by atoms with Crippen LogP contribution in [0.3, 0.4) is 0 Å². The number of aryl methyl sites for hydroxylation is 1. The second kappa shape index (κ2) is 8.67. The highest BCUT2D eigenvalue weighted by atomic mass is 79.9. The molecule has 2 aromatic rings. The van der Waals surface area contributed by atoms with Crippen LogP contribution in [0.25, 0.3) is 0 Å². The zero-order chi connectivity index (χ0) is 18.4. The largest absolute Gasteiger partial charge is 0.483 e. The number of benzene rings is 2. The molecule has 0 aliphatic rings. The van der Waals surface area contributed by atoms with Crippen LogP contribution in [0.15, 0.2) is 46.9 Å². The molecule has 132 valence electrons. The van der Waals surface area contributed by atoms with E-state index in [1.807, 2.05) is 18.2 Å². The first-order chi connectivity index (χ1) is 11.9. The van der Waals surface area contributed by atoms with Crippen LogP contribution in [0, 0.1) is 0 Å². The van der Waals surface area contributed by atoms with E-state index in [9.17, 15) is 9.59 Å². The molecule has 0 radical (unpaired) electrons. The maximum atomic E-state index is 12.2. The van der Waals surface area contributed by atoms with Gasteiger partial charge < -0.3 is 15.0 Å². The molecule has 0 bridgehead atoms. The van der Waals surface area contributed by atoms with Gasteiger partial charge in [0.05, 0.1) is 15.7 Å². The molecule has 0 aliphatic heterocycles. The van der Waals surface area contributed by atoms with Gasteiger partial charge in [0.1, 0.15) is 5.75 Å². The number of halogens is 1. The van der Waals surface area contributed by atoms with Crippen molar-refractivity contribution in [3.05, 3.63) is 58.1 Å². The number of hydrogen-bond acceptors (Lipinski definition) is 3. The summed E-state index contributed by atoms with van der Waals surface area (Å²) in [6.07, 6.45) is 0.927. The normalized spacial score (nSPS) is 10.2. The lowest BCUT2D eigenvalue weighted by Crippen LogP contribution is -2.25. The van der Waals surface area contributed by atoms with E-state index in [4.69, 9.17) is 4.74 Å². The molecule has 0 fully saturated rings. The van der Waals surface area contributed by atoms with Crippen molar-refractivity contribution >= 4 is 33.4 Å². The van der Waals surface area contributed by atoms with E-state index in [1.165, 1.54) is 10.5 Å². The number of nitrogens with zero attached hydrogens (tertiary/aromatic N) is 1. The molecule has 0 spiro atoms. The Morgan fingerprint density at radius 2 is 1.88 bits per heavy atom. The van der Waals surface area contributed by atoms with Crippen molar-refractivity contribution < 1.29 is 14.3 Å². The average Bonchev–Trinajstić information content (AvgIpc) is 2.60. The van der Waals surface area contributed by atoms with Crippen molar-refractivity contribution in [1.82, 2.24) is 4.90 Å². The Labute approximate surface area is 156 Å². The highest BCUT2D eigenvalue weighted by Crippen LogP contribution is 2.26. The zero-order valence-corrected chi connectivity index (χ0v) is 16.1. The molecule has 2 aromatic carbocycles. The lowest BCUT2D eigenvalue weighted by atomic mass is 10.1. The average molecular weight is 405 g/mol. The summed E-state index contributed by atoms with van der Waals surface area (Å²) >= 11 is 3.44. The van der Waals surface area contributed by atoms with Crippen LogP contribution in [-0.2, 0) is 11.2 Å². The molecule has 2 amide bonds. The van der Waals surface area contributed by atoms with Gasteiger partial charge in [-0.3, -0.25) is 9.59 Å². The fraction of sp³-hybridized carbons (Fsp3) is 0.263. The number of carbonyl (C=O) groups excluding carboxylic acids is 2. The molecule has 0 saturated carbocycles. The molecular weight excluding hydrogens is 384 g/mol. The first-order valence-electron chi connectivity index (χ1n) is 7.94. The highest BCUT2D eigenvalue weighted by molar-refractivity contribution is 9.10. The van der Waals surface area contributed by atoms with E-state index in [2.05, 4.69) is 28.2 Å². The molecule has 1 N–H and O–H groups in total. The fourth-order valence-corrected chi connectivity index (χ4v) is 2.77. The molecule has 0 aromatic heterocycles. The summed E-state index contributed by atoms with van der Waals surface area (Å²) in [4.78, 5) is 25.8. The maximum absolute atomic E-state index is 12.2. The van der Waals surface area contributed by atoms with Gasteiger partial charge in [-0.1, -0.05) is 25.1 Å². The Balaban J connectivity index is 2.03. The Morgan fingerprint density at radius 1 is 1.16 bits per heavy atom. The third-order valence-electron chi connectivity index (χ3n) is 3.60. The van der Waals surface area contributed by atoms with Crippen LogP contribution in [0.2, 0.25) is 0 Å². The SMILES string of the molecule is CCc1ccc(OCC(=O)Nc2ccccc2C(=O)N(C)C)c(Br)c1. The van der Waals surface area contributed by atoms with Crippen LogP contribution in [-0.4, -0.2) is 37.4 Å². The second-order valence-corrected chi connectivity index (χ2v) is 6.55. The van der Waals surface area contributed by atoms with E-state index < -0.39 is 0 Å². The molecule has 0 aliphatic carbocycles. The predicted octanol–water partition coefficient (Wildman–Crippen LogP) is 3.73. The van der Waals surface area contributed by atoms with Gasteiger partial charge >= 0.3 is 0 Å². The third kappa shape index (κ3) is 5.06. The van der Waals surface area contributed by atoms with Gasteiger partial charge in [0.2, 0.25) is 0 Å². The summed E-state index contributed by atoms with van der Waals surface area (Å²) in [6, 6.07) is 12.7. The third-order valence-corrected chi connectivity index (χ3v) is 4.22. The molecule has 0 unspecified atom stereocenters. The second-order valence-electron chi connectivity index (χ2n) is 5.70. The summed E-state index contributed by atoms with van der Waals surface area (Å²) in [7, 11) is 3.34. The standard InChI is InChI=1S/C19H21BrN2O3/c1-4-13-9-10-17(15(20)11-13)25-12-18(23)21-16-8-6-5-7-14(16)19(24)22(2)3/h5-11H,4,12H2,1-3H3,(H,21,23). The number of nitrogens with one attached hydrogen (secondary N) is 1. The number of hydrogen-bond donors (Lipinski definition) is 1. The summed E-state index contributed by atoms with van der Waals surface area (Å²) in [5.74, 6) is 0.102. The topological polar surface area (TPSA) is 58.6 Å². The van der Waals surface area contributed by atoms with Crippen molar-refractivity contribution in [2.45, 2.75) is 13.3 Å². The monoisotopic (exact) mass is 404 g/mol. The molecule has 6 heteroatoms. The summed E-state index contributed by atoms with van der Waals surface area (Å²) < 4.78 is 6.37. The van der Waals surface area contributed by atoms with Gasteiger partial charge in [0.25, 0.3) is 11.8 Å².